The van der Waals surface area contributed by atoms with E-state index >= 15 is 0 Å². The fraction of sp³-hybridized carbons (Fsp3) is 0.211. The molecule has 1 heterocycles. The van der Waals surface area contributed by atoms with Gasteiger partial charge >= 0.3 is 0 Å². The average molecular weight is 388 g/mol. The average Bonchev–Trinajstić information content (AvgIpc) is 3.08. The standard InChI is InChI=1S/C19H18ClN3O4/c1-27-14-6-4-5-13(10-14)23-11-12(9-17(23)24)18(25)21-22-19(26)15-7-2-3-8-16(15)20/h2-8,10,12H,9,11H2,1H3,(H,21,25)(H,22,26)/t12-/m1/s1. The number of amides is 3. The fourth-order valence-corrected chi connectivity index (χ4v) is 3.07. The summed E-state index contributed by atoms with van der Waals surface area (Å²) < 4.78 is 5.17. The minimum atomic E-state index is -0.574. The van der Waals surface area contributed by atoms with Crippen molar-refractivity contribution in [3.05, 3.63) is 59.1 Å². The number of hydrogen-bond donors (Lipinski definition) is 2. The van der Waals surface area contributed by atoms with Crippen LogP contribution in [0.3, 0.4) is 0 Å². The maximum Gasteiger partial charge on any atom is 0.271 e. The molecule has 2 N–H and O–H groups in total. The first-order valence-corrected chi connectivity index (χ1v) is 8.66. The Labute approximate surface area is 161 Å². The summed E-state index contributed by atoms with van der Waals surface area (Å²) in [6.07, 6.45) is 0.0605. The minimum Gasteiger partial charge on any atom is -0.497 e. The predicted molar refractivity (Wildman–Crippen MR) is 101 cm³/mol. The van der Waals surface area contributed by atoms with E-state index in [0.717, 1.165) is 0 Å². The van der Waals surface area contributed by atoms with E-state index in [1.807, 2.05) is 0 Å². The molecule has 8 heteroatoms. The van der Waals surface area contributed by atoms with Crippen molar-refractivity contribution in [1.29, 1.82) is 0 Å². The Kier molecular flexibility index (Phi) is 5.61. The van der Waals surface area contributed by atoms with Crippen molar-refractivity contribution in [2.75, 3.05) is 18.6 Å². The zero-order valence-corrected chi connectivity index (χ0v) is 15.3. The number of nitrogens with one attached hydrogen (secondary N) is 2. The lowest BCUT2D eigenvalue weighted by Crippen LogP contribution is -2.45. The molecule has 0 bridgehead atoms. The number of halogens is 1. The highest BCUT2D eigenvalue weighted by molar-refractivity contribution is 6.33. The van der Waals surface area contributed by atoms with E-state index in [1.54, 1.807) is 55.6 Å². The van der Waals surface area contributed by atoms with Crippen LogP contribution < -0.4 is 20.5 Å². The Morgan fingerprint density at radius 1 is 1.15 bits per heavy atom. The largest absolute Gasteiger partial charge is 0.497 e. The second-order valence-electron chi connectivity index (χ2n) is 6.03. The Bertz CT molecular complexity index is 887. The van der Waals surface area contributed by atoms with Crippen LogP contribution in [0.1, 0.15) is 16.8 Å². The molecular formula is C19H18ClN3O4. The first kappa shape index (κ1) is 18.7. The first-order valence-electron chi connectivity index (χ1n) is 8.28. The van der Waals surface area contributed by atoms with Crippen LogP contribution in [0.4, 0.5) is 5.69 Å². The predicted octanol–water partition coefficient (Wildman–Crippen LogP) is 2.16. The number of nitrogens with zero attached hydrogens (tertiary/aromatic N) is 1. The zero-order valence-electron chi connectivity index (χ0n) is 14.6. The number of anilines is 1. The molecule has 0 aromatic heterocycles. The maximum absolute atomic E-state index is 12.3. The summed E-state index contributed by atoms with van der Waals surface area (Å²) >= 11 is 5.96. The molecule has 0 aliphatic carbocycles. The van der Waals surface area contributed by atoms with Crippen LogP contribution in [-0.2, 0) is 9.59 Å². The summed E-state index contributed by atoms with van der Waals surface area (Å²) in [7, 11) is 1.54. The number of ether oxygens (including phenoxy) is 1. The number of hydrogen-bond acceptors (Lipinski definition) is 4. The highest BCUT2D eigenvalue weighted by atomic mass is 35.5. The summed E-state index contributed by atoms with van der Waals surface area (Å²) in [5.41, 5.74) is 5.61. The first-order chi connectivity index (χ1) is 13.0. The third kappa shape index (κ3) is 4.20. The van der Waals surface area contributed by atoms with Crippen LogP contribution in [0, 0.1) is 5.92 Å². The SMILES string of the molecule is COc1cccc(N2C[C@H](C(=O)NNC(=O)c3ccccc3Cl)CC2=O)c1. The van der Waals surface area contributed by atoms with Gasteiger partial charge in [0.1, 0.15) is 5.75 Å². The molecule has 2 aromatic carbocycles. The van der Waals surface area contributed by atoms with E-state index in [1.165, 1.54) is 4.90 Å². The van der Waals surface area contributed by atoms with Crippen LogP contribution >= 0.6 is 11.6 Å². The van der Waals surface area contributed by atoms with Gasteiger partial charge in [-0.05, 0) is 24.3 Å². The van der Waals surface area contributed by atoms with E-state index in [9.17, 15) is 14.4 Å². The maximum atomic E-state index is 12.3. The fourth-order valence-electron chi connectivity index (χ4n) is 2.84. The molecule has 7 nitrogen and oxygen atoms in total. The van der Waals surface area contributed by atoms with Crippen LogP contribution in [0.15, 0.2) is 48.5 Å². The molecule has 2 aromatic rings. The van der Waals surface area contributed by atoms with Gasteiger partial charge in [-0.25, -0.2) is 0 Å². The molecule has 3 amide bonds. The summed E-state index contributed by atoms with van der Waals surface area (Å²) in [5, 5.41) is 0.282. The lowest BCUT2D eigenvalue weighted by Gasteiger charge is -2.17. The van der Waals surface area contributed by atoms with Gasteiger partial charge in [0, 0.05) is 24.7 Å². The number of carbonyl (C=O) groups is 3. The normalized spacial score (nSPS) is 16.1. The molecule has 1 atom stereocenters. The van der Waals surface area contributed by atoms with Gasteiger partial charge in [0.15, 0.2) is 0 Å². The van der Waals surface area contributed by atoms with E-state index in [2.05, 4.69) is 10.9 Å². The molecule has 1 aliphatic rings. The summed E-state index contributed by atoms with van der Waals surface area (Å²) in [6, 6.07) is 13.6. The second kappa shape index (κ2) is 8.09. The van der Waals surface area contributed by atoms with Crippen molar-refractivity contribution in [1.82, 2.24) is 10.9 Å². The molecule has 0 radical (unpaired) electrons. The number of methoxy groups -OCH3 is 1. The Hall–Kier alpha value is -3.06. The number of carbonyl (C=O) groups excluding carboxylic acids is 3. The molecule has 0 saturated carbocycles. The van der Waals surface area contributed by atoms with Crippen LogP contribution in [0.25, 0.3) is 0 Å². The summed E-state index contributed by atoms with van der Waals surface area (Å²) in [5.74, 6) is -1.08. The van der Waals surface area contributed by atoms with Crippen molar-refractivity contribution in [3.8, 4) is 5.75 Å². The van der Waals surface area contributed by atoms with Crippen molar-refractivity contribution >= 4 is 35.0 Å². The Balaban J connectivity index is 1.60. The molecule has 140 valence electrons. The highest BCUT2D eigenvalue weighted by Crippen LogP contribution is 2.27. The number of hydrazine groups is 1. The third-order valence-corrected chi connectivity index (χ3v) is 4.61. The number of benzene rings is 2. The summed E-state index contributed by atoms with van der Waals surface area (Å²) in [4.78, 5) is 38.3. The van der Waals surface area contributed by atoms with Gasteiger partial charge in [-0.2, -0.15) is 0 Å². The van der Waals surface area contributed by atoms with Crippen molar-refractivity contribution < 1.29 is 19.1 Å². The second-order valence-corrected chi connectivity index (χ2v) is 6.44. The van der Waals surface area contributed by atoms with Gasteiger partial charge in [-0.15, -0.1) is 0 Å². The quantitative estimate of drug-likeness (QED) is 0.787. The molecule has 1 saturated heterocycles. The zero-order chi connectivity index (χ0) is 19.4. The van der Waals surface area contributed by atoms with E-state index in [0.29, 0.717) is 11.4 Å². The molecule has 27 heavy (non-hydrogen) atoms. The Morgan fingerprint density at radius 2 is 1.93 bits per heavy atom. The lowest BCUT2D eigenvalue weighted by atomic mass is 10.1. The molecule has 3 rings (SSSR count). The molecular weight excluding hydrogens is 370 g/mol. The molecule has 1 fully saturated rings. The van der Waals surface area contributed by atoms with Crippen molar-refractivity contribution in [2.45, 2.75) is 6.42 Å². The molecule has 0 unspecified atom stereocenters. The van der Waals surface area contributed by atoms with Crippen LogP contribution in [0.5, 0.6) is 5.75 Å². The van der Waals surface area contributed by atoms with Crippen molar-refractivity contribution in [2.24, 2.45) is 5.92 Å². The summed E-state index contributed by atoms with van der Waals surface area (Å²) in [6.45, 7) is 0.222. The molecule has 1 aliphatic heterocycles. The third-order valence-electron chi connectivity index (χ3n) is 4.28. The monoisotopic (exact) mass is 387 g/mol. The smallest absolute Gasteiger partial charge is 0.271 e. The van der Waals surface area contributed by atoms with E-state index in [4.69, 9.17) is 16.3 Å². The van der Waals surface area contributed by atoms with Crippen molar-refractivity contribution in [3.63, 3.8) is 0 Å². The number of rotatable bonds is 4. The van der Waals surface area contributed by atoms with Gasteiger partial charge in [0.05, 0.1) is 23.6 Å². The van der Waals surface area contributed by atoms with Gasteiger partial charge in [-0.3, -0.25) is 25.2 Å². The lowest BCUT2D eigenvalue weighted by molar-refractivity contribution is -0.126. The van der Waals surface area contributed by atoms with Crippen LogP contribution in [0.2, 0.25) is 5.02 Å². The topological polar surface area (TPSA) is 87.7 Å². The van der Waals surface area contributed by atoms with Gasteiger partial charge in [0.2, 0.25) is 11.8 Å². The van der Waals surface area contributed by atoms with Gasteiger partial charge in [0.25, 0.3) is 5.91 Å². The minimum absolute atomic E-state index is 0.0605. The molecule has 0 spiro atoms. The van der Waals surface area contributed by atoms with E-state index < -0.39 is 17.7 Å². The van der Waals surface area contributed by atoms with E-state index in [-0.39, 0.29) is 29.5 Å². The Morgan fingerprint density at radius 3 is 2.67 bits per heavy atom. The van der Waals surface area contributed by atoms with Crippen LogP contribution in [-0.4, -0.2) is 31.4 Å². The van der Waals surface area contributed by atoms with Gasteiger partial charge < -0.3 is 9.64 Å². The highest BCUT2D eigenvalue weighted by Gasteiger charge is 2.35. The van der Waals surface area contributed by atoms with Gasteiger partial charge in [-0.1, -0.05) is 29.8 Å².